The summed E-state index contributed by atoms with van der Waals surface area (Å²) in [7, 11) is 0. The predicted octanol–water partition coefficient (Wildman–Crippen LogP) is 18.5. The van der Waals surface area contributed by atoms with Crippen molar-refractivity contribution in [3.63, 3.8) is 0 Å². The Balaban J connectivity index is 4.51. The number of carbonyl (C=O) groups is 3. The smallest absolute Gasteiger partial charge is 0.306 e. The molecule has 0 spiro atoms. The number of unbranched alkanes of at least 4 members (excludes halogenated alkanes) is 22. The highest BCUT2D eigenvalue weighted by Crippen LogP contribution is 2.14. The summed E-state index contributed by atoms with van der Waals surface area (Å²) in [5, 5.41) is 0. The molecule has 0 aromatic carbocycles. The van der Waals surface area contributed by atoms with Gasteiger partial charge in [-0.1, -0.05) is 214 Å². The van der Waals surface area contributed by atoms with Crippen molar-refractivity contribution in [2.45, 2.75) is 258 Å². The zero-order valence-corrected chi connectivity index (χ0v) is 43.6. The SMILES string of the molecule is CC/C=C/C/C=C/C/C=C/CCCCCCCC(=O)OC[C@H](COC(=O)CCC/C=C/C/C=C/C/C=C/C/C=C/CCCCC)OC(=O)CCCCCCCCC/C=C/CCCCCCCC. The number of carbonyl (C=O) groups excluding carboxylic acids is 3. The highest BCUT2D eigenvalue weighted by atomic mass is 16.6. The van der Waals surface area contributed by atoms with Crippen LogP contribution in [-0.2, 0) is 28.6 Å². The van der Waals surface area contributed by atoms with Gasteiger partial charge >= 0.3 is 17.9 Å². The standard InChI is InChI=1S/C61H102O6/c1-4-7-10-13-16-19-22-25-28-30-33-36-39-42-45-48-51-54-60(63)66-57-58(56-65-59(62)53-50-47-44-41-38-35-32-27-24-21-18-15-12-9-6-3)67-61(64)55-52-49-46-43-40-37-34-31-29-26-23-20-17-14-11-8-5-2/h9,12,16,18-19,21,25-29,32-33,36,42,45,58H,4-8,10-11,13-15,17,20,22-24,30-31,34-35,37-41,43-44,46-57H2,1-3H3/b12-9+,19-16+,21-18+,28-25+,29-26+,32-27+,36-33+,45-42+/t58-/m1/s1. The lowest BCUT2D eigenvalue weighted by Gasteiger charge is -2.18. The molecule has 1 atom stereocenters. The van der Waals surface area contributed by atoms with Crippen LogP contribution in [0.1, 0.15) is 252 Å². The molecule has 0 aromatic heterocycles. The van der Waals surface area contributed by atoms with Gasteiger partial charge in [0, 0.05) is 19.3 Å². The molecule has 0 saturated heterocycles. The Hall–Kier alpha value is -3.67. The van der Waals surface area contributed by atoms with Crippen molar-refractivity contribution < 1.29 is 28.6 Å². The number of hydrogen-bond acceptors (Lipinski definition) is 6. The van der Waals surface area contributed by atoms with E-state index in [0.717, 1.165) is 103 Å². The predicted molar refractivity (Wildman–Crippen MR) is 288 cm³/mol. The Morgan fingerprint density at radius 2 is 0.597 bits per heavy atom. The topological polar surface area (TPSA) is 78.9 Å². The number of hydrogen-bond donors (Lipinski definition) is 0. The van der Waals surface area contributed by atoms with E-state index >= 15 is 0 Å². The number of allylic oxidation sites excluding steroid dienone is 16. The van der Waals surface area contributed by atoms with Crippen molar-refractivity contribution in [3.8, 4) is 0 Å². The molecule has 0 amide bonds. The number of rotatable bonds is 49. The summed E-state index contributed by atoms with van der Waals surface area (Å²) in [6, 6.07) is 0. The van der Waals surface area contributed by atoms with E-state index in [-0.39, 0.29) is 37.5 Å². The van der Waals surface area contributed by atoms with Crippen LogP contribution < -0.4 is 0 Å². The Kier molecular flexibility index (Phi) is 51.9. The first-order valence-corrected chi connectivity index (χ1v) is 27.7. The highest BCUT2D eigenvalue weighted by molar-refractivity contribution is 5.71. The first kappa shape index (κ1) is 63.3. The molecule has 0 N–H and O–H groups in total. The zero-order chi connectivity index (χ0) is 48.6. The van der Waals surface area contributed by atoms with Crippen LogP contribution in [-0.4, -0.2) is 37.2 Å². The Bertz CT molecular complexity index is 1350. The minimum atomic E-state index is -0.810. The molecule has 0 bridgehead atoms. The average molecular weight is 931 g/mol. The van der Waals surface area contributed by atoms with Gasteiger partial charge in [0.25, 0.3) is 0 Å². The van der Waals surface area contributed by atoms with Gasteiger partial charge in [0.15, 0.2) is 6.10 Å². The van der Waals surface area contributed by atoms with Crippen LogP contribution in [0, 0.1) is 0 Å². The molecule has 0 unspecified atom stereocenters. The van der Waals surface area contributed by atoms with E-state index < -0.39 is 6.10 Å². The fourth-order valence-electron chi connectivity index (χ4n) is 7.38. The number of ether oxygens (including phenoxy) is 3. The van der Waals surface area contributed by atoms with Gasteiger partial charge in [-0.05, 0) is 116 Å². The van der Waals surface area contributed by atoms with Gasteiger partial charge in [0.2, 0.25) is 0 Å². The normalized spacial score (nSPS) is 12.8. The van der Waals surface area contributed by atoms with Gasteiger partial charge in [-0.2, -0.15) is 0 Å². The molecule has 67 heavy (non-hydrogen) atoms. The van der Waals surface area contributed by atoms with Gasteiger partial charge < -0.3 is 14.2 Å². The van der Waals surface area contributed by atoms with Crippen LogP contribution in [0.2, 0.25) is 0 Å². The van der Waals surface area contributed by atoms with E-state index in [1.807, 2.05) is 0 Å². The minimum Gasteiger partial charge on any atom is -0.462 e. The van der Waals surface area contributed by atoms with Crippen LogP contribution in [0.3, 0.4) is 0 Å². The Morgan fingerprint density at radius 3 is 1.01 bits per heavy atom. The molecule has 6 nitrogen and oxygen atoms in total. The summed E-state index contributed by atoms with van der Waals surface area (Å²) in [6.07, 6.45) is 72.5. The van der Waals surface area contributed by atoms with E-state index in [1.165, 1.54) is 103 Å². The third-order valence-corrected chi connectivity index (χ3v) is 11.5. The van der Waals surface area contributed by atoms with Gasteiger partial charge in [-0.25, -0.2) is 0 Å². The van der Waals surface area contributed by atoms with Crippen LogP contribution in [0.15, 0.2) is 97.2 Å². The van der Waals surface area contributed by atoms with Gasteiger partial charge in [-0.15, -0.1) is 0 Å². The fourth-order valence-corrected chi connectivity index (χ4v) is 7.38. The van der Waals surface area contributed by atoms with E-state index in [1.54, 1.807) is 0 Å². The summed E-state index contributed by atoms with van der Waals surface area (Å²) >= 11 is 0. The van der Waals surface area contributed by atoms with Crippen molar-refractivity contribution in [2.75, 3.05) is 13.2 Å². The second-order valence-electron chi connectivity index (χ2n) is 18.1. The van der Waals surface area contributed by atoms with Crippen molar-refractivity contribution >= 4 is 17.9 Å². The first-order chi connectivity index (χ1) is 33.0. The van der Waals surface area contributed by atoms with Gasteiger partial charge in [0.1, 0.15) is 13.2 Å². The molecule has 382 valence electrons. The first-order valence-electron chi connectivity index (χ1n) is 27.7. The molecule has 6 heteroatoms. The zero-order valence-electron chi connectivity index (χ0n) is 43.6. The maximum Gasteiger partial charge on any atom is 0.306 e. The minimum absolute atomic E-state index is 0.106. The largest absolute Gasteiger partial charge is 0.462 e. The van der Waals surface area contributed by atoms with Crippen molar-refractivity contribution in [2.24, 2.45) is 0 Å². The maximum atomic E-state index is 12.8. The van der Waals surface area contributed by atoms with E-state index in [4.69, 9.17) is 14.2 Å². The molecular formula is C61H102O6. The van der Waals surface area contributed by atoms with E-state index in [2.05, 4.69) is 118 Å². The number of esters is 3. The molecule has 0 aliphatic rings. The molecule has 0 heterocycles. The Morgan fingerprint density at radius 1 is 0.313 bits per heavy atom. The molecule has 0 fully saturated rings. The van der Waals surface area contributed by atoms with E-state index in [9.17, 15) is 14.4 Å². The summed E-state index contributed by atoms with van der Waals surface area (Å²) in [6.45, 7) is 6.43. The quantitative estimate of drug-likeness (QED) is 0.0262. The molecule has 0 radical (unpaired) electrons. The molecule has 0 aromatic rings. The van der Waals surface area contributed by atoms with Gasteiger partial charge in [-0.3, -0.25) is 14.4 Å². The third kappa shape index (κ3) is 53.2. The summed E-state index contributed by atoms with van der Waals surface area (Å²) in [4.78, 5) is 38.1. The highest BCUT2D eigenvalue weighted by Gasteiger charge is 2.19. The van der Waals surface area contributed by atoms with Crippen LogP contribution in [0.4, 0.5) is 0 Å². The third-order valence-electron chi connectivity index (χ3n) is 11.5. The summed E-state index contributed by atoms with van der Waals surface area (Å²) in [5.41, 5.74) is 0. The monoisotopic (exact) mass is 931 g/mol. The molecule has 0 aliphatic carbocycles. The maximum absolute atomic E-state index is 12.8. The van der Waals surface area contributed by atoms with Crippen LogP contribution >= 0.6 is 0 Å². The molecular weight excluding hydrogens is 829 g/mol. The lowest BCUT2D eigenvalue weighted by atomic mass is 10.1. The average Bonchev–Trinajstić information content (AvgIpc) is 3.33. The lowest BCUT2D eigenvalue weighted by molar-refractivity contribution is -0.167. The Labute approximate surface area is 413 Å². The van der Waals surface area contributed by atoms with Gasteiger partial charge in [0.05, 0.1) is 0 Å². The van der Waals surface area contributed by atoms with Crippen LogP contribution in [0.25, 0.3) is 0 Å². The fraction of sp³-hybridized carbons (Fsp3) is 0.689. The van der Waals surface area contributed by atoms with Crippen molar-refractivity contribution in [3.05, 3.63) is 97.2 Å². The van der Waals surface area contributed by atoms with E-state index in [0.29, 0.717) is 19.3 Å². The second kappa shape index (κ2) is 54.9. The summed E-state index contributed by atoms with van der Waals surface area (Å²) < 4.78 is 16.8. The van der Waals surface area contributed by atoms with Crippen molar-refractivity contribution in [1.82, 2.24) is 0 Å². The summed E-state index contributed by atoms with van der Waals surface area (Å²) in [5.74, 6) is -0.983. The second-order valence-corrected chi connectivity index (χ2v) is 18.1. The molecule has 0 aliphatic heterocycles. The molecule has 0 rings (SSSR count). The lowest BCUT2D eigenvalue weighted by Crippen LogP contribution is -2.30. The molecule has 0 saturated carbocycles. The van der Waals surface area contributed by atoms with Crippen LogP contribution in [0.5, 0.6) is 0 Å². The van der Waals surface area contributed by atoms with Crippen molar-refractivity contribution in [1.29, 1.82) is 0 Å².